The summed E-state index contributed by atoms with van der Waals surface area (Å²) in [6.07, 6.45) is 5.71. The second kappa shape index (κ2) is 9.09. The van der Waals surface area contributed by atoms with E-state index in [1.54, 1.807) is 7.11 Å². The van der Waals surface area contributed by atoms with Crippen molar-refractivity contribution in [1.29, 1.82) is 0 Å². The molecule has 156 valence electrons. The van der Waals surface area contributed by atoms with Gasteiger partial charge in [-0.1, -0.05) is 13.0 Å². The van der Waals surface area contributed by atoms with Crippen LogP contribution < -0.4 is 9.47 Å². The van der Waals surface area contributed by atoms with Gasteiger partial charge in [-0.2, -0.15) is 0 Å². The Morgan fingerprint density at radius 3 is 2.83 bits per heavy atom. The van der Waals surface area contributed by atoms with E-state index in [0.717, 1.165) is 61.2 Å². The molecule has 0 aliphatic carbocycles. The lowest BCUT2D eigenvalue weighted by Crippen LogP contribution is -2.44. The molecule has 2 aliphatic rings. The molecule has 3 heterocycles. The zero-order valence-corrected chi connectivity index (χ0v) is 17.5. The minimum atomic E-state index is 0.454. The average molecular weight is 398 g/mol. The largest absolute Gasteiger partial charge is 0.493 e. The Hall–Kier alpha value is -2.18. The molecular weight excluding hydrogens is 366 g/mol. The standard InChI is InChI=1S/C23H31N3O3/c1-3-19-7-9-24-22(25-19)14-18-5-6-20(27-2)21(13-18)29-12-4-10-26-11-8-23(15-26)16-28-17-23/h5-7,9,13H,3-4,8,10-12,14-17H2,1-2H3. The smallest absolute Gasteiger partial charge is 0.161 e. The van der Waals surface area contributed by atoms with Gasteiger partial charge in [-0.25, -0.2) is 9.97 Å². The van der Waals surface area contributed by atoms with E-state index in [9.17, 15) is 0 Å². The first-order valence-electron chi connectivity index (χ1n) is 10.6. The highest BCUT2D eigenvalue weighted by molar-refractivity contribution is 5.43. The first-order valence-corrected chi connectivity index (χ1v) is 10.6. The molecule has 1 spiro atoms. The number of ether oxygens (including phenoxy) is 3. The van der Waals surface area contributed by atoms with E-state index in [1.165, 1.54) is 19.5 Å². The Labute approximate surface area is 173 Å². The molecule has 0 amide bonds. The lowest BCUT2D eigenvalue weighted by atomic mass is 9.85. The number of hydrogen-bond donors (Lipinski definition) is 0. The van der Waals surface area contributed by atoms with E-state index in [-0.39, 0.29) is 0 Å². The molecule has 2 saturated heterocycles. The number of methoxy groups -OCH3 is 1. The van der Waals surface area contributed by atoms with E-state index in [2.05, 4.69) is 33.9 Å². The number of aryl methyl sites for hydroxylation is 1. The zero-order valence-electron chi connectivity index (χ0n) is 17.5. The van der Waals surface area contributed by atoms with Crippen LogP contribution in [0.25, 0.3) is 0 Å². The molecule has 4 rings (SSSR count). The molecule has 0 unspecified atom stereocenters. The molecule has 6 nitrogen and oxygen atoms in total. The van der Waals surface area contributed by atoms with Crippen LogP contribution in [0, 0.1) is 5.41 Å². The van der Waals surface area contributed by atoms with Crippen LogP contribution in [0.3, 0.4) is 0 Å². The van der Waals surface area contributed by atoms with E-state index in [0.29, 0.717) is 18.4 Å². The second-order valence-electron chi connectivity index (χ2n) is 8.20. The number of likely N-dealkylation sites (tertiary alicyclic amines) is 1. The Balaban J connectivity index is 1.30. The highest BCUT2D eigenvalue weighted by Crippen LogP contribution is 2.37. The van der Waals surface area contributed by atoms with Crippen LogP contribution in [0.15, 0.2) is 30.5 Å². The number of rotatable bonds is 9. The van der Waals surface area contributed by atoms with Crippen molar-refractivity contribution in [2.45, 2.75) is 32.6 Å². The van der Waals surface area contributed by atoms with E-state index in [4.69, 9.17) is 14.2 Å². The minimum absolute atomic E-state index is 0.454. The highest BCUT2D eigenvalue weighted by Gasteiger charge is 2.43. The van der Waals surface area contributed by atoms with Gasteiger partial charge in [0.05, 0.1) is 26.9 Å². The maximum atomic E-state index is 6.09. The summed E-state index contributed by atoms with van der Waals surface area (Å²) >= 11 is 0. The predicted octanol–water partition coefficient (Wildman–Crippen LogP) is 3.13. The van der Waals surface area contributed by atoms with Crippen molar-refractivity contribution in [3.63, 3.8) is 0 Å². The summed E-state index contributed by atoms with van der Waals surface area (Å²) in [4.78, 5) is 11.5. The molecule has 1 aromatic carbocycles. The van der Waals surface area contributed by atoms with Crippen LogP contribution in [0.5, 0.6) is 11.5 Å². The van der Waals surface area contributed by atoms with Gasteiger partial charge in [-0.05, 0) is 49.6 Å². The molecule has 0 saturated carbocycles. The topological polar surface area (TPSA) is 56.7 Å². The lowest BCUT2D eigenvalue weighted by Gasteiger charge is -2.37. The first kappa shape index (κ1) is 20.1. The Morgan fingerprint density at radius 1 is 1.21 bits per heavy atom. The predicted molar refractivity (Wildman–Crippen MR) is 112 cm³/mol. The zero-order chi connectivity index (χ0) is 20.1. The Morgan fingerprint density at radius 2 is 2.10 bits per heavy atom. The van der Waals surface area contributed by atoms with Gasteiger partial charge in [0.15, 0.2) is 11.5 Å². The maximum Gasteiger partial charge on any atom is 0.161 e. The summed E-state index contributed by atoms with van der Waals surface area (Å²) in [5.41, 5.74) is 2.65. The number of aromatic nitrogens is 2. The SMILES string of the molecule is CCc1ccnc(Cc2ccc(OC)c(OCCCN3CCC4(COC4)C3)c2)n1. The molecule has 2 aromatic rings. The highest BCUT2D eigenvalue weighted by atomic mass is 16.5. The summed E-state index contributed by atoms with van der Waals surface area (Å²) < 4.78 is 17.0. The van der Waals surface area contributed by atoms with Crippen molar-refractivity contribution in [1.82, 2.24) is 14.9 Å². The Bertz CT molecular complexity index is 823. The van der Waals surface area contributed by atoms with Crippen LogP contribution in [0.2, 0.25) is 0 Å². The van der Waals surface area contributed by atoms with Gasteiger partial charge in [0.2, 0.25) is 0 Å². The minimum Gasteiger partial charge on any atom is -0.493 e. The molecule has 29 heavy (non-hydrogen) atoms. The summed E-state index contributed by atoms with van der Waals surface area (Å²) in [6.45, 7) is 8.09. The van der Waals surface area contributed by atoms with Crippen molar-refractivity contribution >= 4 is 0 Å². The third-order valence-corrected chi connectivity index (χ3v) is 5.93. The van der Waals surface area contributed by atoms with E-state index >= 15 is 0 Å². The van der Waals surface area contributed by atoms with Crippen molar-refractivity contribution in [3.05, 3.63) is 47.5 Å². The summed E-state index contributed by atoms with van der Waals surface area (Å²) in [5, 5.41) is 0. The quantitative estimate of drug-likeness (QED) is 0.606. The number of nitrogens with zero attached hydrogens (tertiary/aromatic N) is 3. The van der Waals surface area contributed by atoms with Crippen molar-refractivity contribution < 1.29 is 14.2 Å². The second-order valence-corrected chi connectivity index (χ2v) is 8.20. The molecular formula is C23H31N3O3. The molecule has 0 atom stereocenters. The third kappa shape index (κ3) is 4.87. The molecule has 2 fully saturated rings. The normalized spacial score (nSPS) is 18.0. The third-order valence-electron chi connectivity index (χ3n) is 5.93. The summed E-state index contributed by atoms with van der Waals surface area (Å²) in [5.74, 6) is 2.40. The molecule has 0 bridgehead atoms. The van der Waals surface area contributed by atoms with Crippen LogP contribution >= 0.6 is 0 Å². The maximum absolute atomic E-state index is 6.09. The lowest BCUT2D eigenvalue weighted by molar-refractivity contribution is -0.105. The van der Waals surface area contributed by atoms with Gasteiger partial charge in [0, 0.05) is 36.8 Å². The average Bonchev–Trinajstić information content (AvgIpc) is 3.17. The molecule has 1 aromatic heterocycles. The monoisotopic (exact) mass is 397 g/mol. The number of hydrogen-bond acceptors (Lipinski definition) is 6. The Kier molecular flexibility index (Phi) is 6.31. The summed E-state index contributed by atoms with van der Waals surface area (Å²) in [6, 6.07) is 8.04. The van der Waals surface area contributed by atoms with E-state index < -0.39 is 0 Å². The fourth-order valence-corrected chi connectivity index (χ4v) is 4.17. The van der Waals surface area contributed by atoms with Crippen LogP contribution in [0.4, 0.5) is 0 Å². The van der Waals surface area contributed by atoms with E-state index in [1.807, 2.05) is 18.3 Å². The van der Waals surface area contributed by atoms with Gasteiger partial charge >= 0.3 is 0 Å². The van der Waals surface area contributed by atoms with Crippen LogP contribution in [-0.2, 0) is 17.6 Å². The summed E-state index contributed by atoms with van der Waals surface area (Å²) in [7, 11) is 1.68. The molecule has 0 radical (unpaired) electrons. The van der Waals surface area contributed by atoms with Gasteiger partial charge in [0.1, 0.15) is 5.82 Å². The van der Waals surface area contributed by atoms with Crippen LogP contribution in [0.1, 0.15) is 36.8 Å². The van der Waals surface area contributed by atoms with Crippen molar-refractivity contribution in [3.8, 4) is 11.5 Å². The molecule has 6 heteroatoms. The first-order chi connectivity index (χ1) is 14.2. The fraction of sp³-hybridized carbons (Fsp3) is 0.565. The van der Waals surface area contributed by atoms with Gasteiger partial charge in [-0.3, -0.25) is 0 Å². The van der Waals surface area contributed by atoms with Gasteiger partial charge in [-0.15, -0.1) is 0 Å². The van der Waals surface area contributed by atoms with Gasteiger partial charge in [0.25, 0.3) is 0 Å². The van der Waals surface area contributed by atoms with Crippen LogP contribution in [-0.4, -0.2) is 61.4 Å². The molecule has 0 N–H and O–H groups in total. The van der Waals surface area contributed by atoms with Crippen molar-refractivity contribution in [2.24, 2.45) is 5.41 Å². The fourth-order valence-electron chi connectivity index (χ4n) is 4.17. The molecule has 2 aliphatic heterocycles. The van der Waals surface area contributed by atoms with Crippen molar-refractivity contribution in [2.75, 3.05) is 46.6 Å². The number of benzene rings is 1. The van der Waals surface area contributed by atoms with Gasteiger partial charge < -0.3 is 19.1 Å².